The van der Waals surface area contributed by atoms with Gasteiger partial charge >= 0.3 is 5.97 Å². The highest BCUT2D eigenvalue weighted by atomic mass is 16.5. The number of carboxylic acids is 1. The van der Waals surface area contributed by atoms with E-state index < -0.39 is 5.97 Å². The highest BCUT2D eigenvalue weighted by Crippen LogP contribution is 2.46. The van der Waals surface area contributed by atoms with E-state index in [1.807, 2.05) is 13.8 Å². The molecule has 2 heterocycles. The minimum Gasteiger partial charge on any atom is -0.490 e. The minimum absolute atomic E-state index is 0.0611. The average molecular weight is 291 g/mol. The van der Waals surface area contributed by atoms with Gasteiger partial charge in [-0.1, -0.05) is 0 Å². The third-order valence-electron chi connectivity index (χ3n) is 4.15. The molecular weight excluding hydrogens is 270 g/mol. The van der Waals surface area contributed by atoms with Crippen molar-refractivity contribution >= 4 is 5.97 Å². The molecular formula is C16H21NO4. The molecule has 114 valence electrons. The molecule has 1 aromatic carbocycles. The van der Waals surface area contributed by atoms with Crippen LogP contribution in [0.2, 0.25) is 0 Å². The summed E-state index contributed by atoms with van der Waals surface area (Å²) in [4.78, 5) is 10.8. The van der Waals surface area contributed by atoms with Crippen molar-refractivity contribution in [2.24, 2.45) is 5.73 Å². The summed E-state index contributed by atoms with van der Waals surface area (Å²) in [5.41, 5.74) is 9.45. The number of benzene rings is 1. The first-order valence-corrected chi connectivity index (χ1v) is 7.45. The van der Waals surface area contributed by atoms with Crippen LogP contribution in [0.4, 0.5) is 0 Å². The van der Waals surface area contributed by atoms with Gasteiger partial charge in [-0.2, -0.15) is 0 Å². The summed E-state index contributed by atoms with van der Waals surface area (Å²) in [6, 6.07) is 1.73. The van der Waals surface area contributed by atoms with E-state index in [1.165, 1.54) is 0 Å². The second kappa shape index (κ2) is 5.22. The predicted octanol–water partition coefficient (Wildman–Crippen LogP) is 2.20. The maximum absolute atomic E-state index is 10.8. The van der Waals surface area contributed by atoms with E-state index in [0.29, 0.717) is 6.42 Å². The first-order valence-electron chi connectivity index (χ1n) is 7.45. The van der Waals surface area contributed by atoms with Crippen LogP contribution < -0.4 is 15.2 Å². The van der Waals surface area contributed by atoms with Crippen molar-refractivity contribution in [3.05, 3.63) is 22.8 Å². The maximum atomic E-state index is 10.8. The highest BCUT2D eigenvalue weighted by Gasteiger charge is 2.33. The molecule has 0 aromatic heterocycles. The standard InChI is InChI=1S/C16H21NO4/c1-8-5-10-7-13-11(6-9(2)20-13)15(16(10)21-8)12(17)3-4-14(18)19/h7-9,12H,3-6,17H2,1-2H3,(H,18,19). The number of ether oxygens (including phenoxy) is 2. The molecule has 0 saturated carbocycles. The fraction of sp³-hybridized carbons (Fsp3) is 0.562. The summed E-state index contributed by atoms with van der Waals surface area (Å²) in [5.74, 6) is 0.921. The zero-order chi connectivity index (χ0) is 15.1. The number of carboxylic acid groups (broad SMARTS) is 1. The second-order valence-corrected chi connectivity index (χ2v) is 6.06. The lowest BCUT2D eigenvalue weighted by atomic mass is 9.91. The third kappa shape index (κ3) is 2.58. The molecule has 21 heavy (non-hydrogen) atoms. The van der Waals surface area contributed by atoms with Crippen molar-refractivity contribution in [2.75, 3.05) is 0 Å². The highest BCUT2D eigenvalue weighted by molar-refractivity contribution is 5.67. The first-order chi connectivity index (χ1) is 9.95. The van der Waals surface area contributed by atoms with Crippen LogP contribution >= 0.6 is 0 Å². The van der Waals surface area contributed by atoms with E-state index in [-0.39, 0.29) is 24.7 Å². The van der Waals surface area contributed by atoms with Gasteiger partial charge in [-0.05, 0) is 26.3 Å². The Hall–Kier alpha value is -1.75. The van der Waals surface area contributed by atoms with Gasteiger partial charge in [-0.15, -0.1) is 0 Å². The summed E-state index contributed by atoms with van der Waals surface area (Å²) < 4.78 is 11.8. The normalized spacial score (nSPS) is 24.0. The smallest absolute Gasteiger partial charge is 0.303 e. The lowest BCUT2D eigenvalue weighted by Gasteiger charge is -2.19. The molecule has 3 unspecified atom stereocenters. The molecule has 3 N–H and O–H groups in total. The number of fused-ring (bicyclic) bond motifs is 2. The molecule has 0 fully saturated rings. The van der Waals surface area contributed by atoms with Gasteiger partial charge in [0.2, 0.25) is 0 Å². The van der Waals surface area contributed by atoms with Crippen LogP contribution in [0.3, 0.4) is 0 Å². The topological polar surface area (TPSA) is 81.8 Å². The number of carbonyl (C=O) groups is 1. The summed E-state index contributed by atoms with van der Waals surface area (Å²) >= 11 is 0. The van der Waals surface area contributed by atoms with Gasteiger partial charge in [0, 0.05) is 42.0 Å². The quantitative estimate of drug-likeness (QED) is 0.888. The van der Waals surface area contributed by atoms with Crippen molar-refractivity contribution in [1.82, 2.24) is 0 Å². The first kappa shape index (κ1) is 14.2. The number of nitrogens with two attached hydrogens (primary N) is 1. The van der Waals surface area contributed by atoms with Gasteiger partial charge in [0.15, 0.2) is 0 Å². The van der Waals surface area contributed by atoms with Crippen molar-refractivity contribution in [1.29, 1.82) is 0 Å². The van der Waals surface area contributed by atoms with E-state index in [9.17, 15) is 4.79 Å². The Balaban J connectivity index is 2.00. The Morgan fingerprint density at radius 1 is 1.38 bits per heavy atom. The molecule has 0 aliphatic carbocycles. The Kier molecular flexibility index (Phi) is 3.53. The number of rotatable bonds is 4. The molecule has 5 heteroatoms. The van der Waals surface area contributed by atoms with E-state index in [1.54, 1.807) is 0 Å². The molecule has 3 rings (SSSR count). The van der Waals surface area contributed by atoms with Crippen molar-refractivity contribution in [3.63, 3.8) is 0 Å². The molecule has 5 nitrogen and oxygen atoms in total. The van der Waals surface area contributed by atoms with E-state index in [4.69, 9.17) is 20.3 Å². The molecule has 2 aliphatic rings. The fourth-order valence-electron chi connectivity index (χ4n) is 3.27. The zero-order valence-electron chi connectivity index (χ0n) is 12.4. The molecule has 0 amide bonds. The third-order valence-corrected chi connectivity index (χ3v) is 4.15. The average Bonchev–Trinajstić information content (AvgIpc) is 2.93. The summed E-state index contributed by atoms with van der Waals surface area (Å²) in [6.07, 6.45) is 2.38. The van der Waals surface area contributed by atoms with E-state index in [2.05, 4.69) is 6.07 Å². The zero-order valence-corrected chi connectivity index (χ0v) is 12.4. The van der Waals surface area contributed by atoms with Crippen LogP contribution in [-0.4, -0.2) is 23.3 Å². The molecule has 0 bridgehead atoms. The summed E-state index contributed by atoms with van der Waals surface area (Å²) in [7, 11) is 0. The Bertz CT molecular complexity index is 548. The molecule has 3 atom stereocenters. The van der Waals surface area contributed by atoms with Crippen LogP contribution in [0, 0.1) is 0 Å². The second-order valence-electron chi connectivity index (χ2n) is 6.06. The monoisotopic (exact) mass is 291 g/mol. The Labute approximate surface area is 124 Å². The number of hydrogen-bond acceptors (Lipinski definition) is 4. The lowest BCUT2D eigenvalue weighted by Crippen LogP contribution is -2.16. The summed E-state index contributed by atoms with van der Waals surface area (Å²) in [6.45, 7) is 4.06. The van der Waals surface area contributed by atoms with Gasteiger partial charge in [-0.25, -0.2) is 0 Å². The van der Waals surface area contributed by atoms with Gasteiger partial charge in [0.05, 0.1) is 0 Å². The molecule has 1 aromatic rings. The largest absolute Gasteiger partial charge is 0.490 e. The lowest BCUT2D eigenvalue weighted by molar-refractivity contribution is -0.137. The summed E-state index contributed by atoms with van der Waals surface area (Å²) in [5, 5.41) is 8.87. The van der Waals surface area contributed by atoms with E-state index >= 15 is 0 Å². The maximum Gasteiger partial charge on any atom is 0.303 e. The van der Waals surface area contributed by atoms with Crippen LogP contribution in [0.5, 0.6) is 11.5 Å². The van der Waals surface area contributed by atoms with Crippen LogP contribution in [0.15, 0.2) is 6.07 Å². The SMILES string of the molecule is CC1Cc2c(cc3c(c2C(N)CCC(=O)O)OC(C)C3)O1. The Morgan fingerprint density at radius 3 is 2.81 bits per heavy atom. The van der Waals surface area contributed by atoms with Crippen molar-refractivity contribution in [3.8, 4) is 11.5 Å². The predicted molar refractivity (Wildman–Crippen MR) is 77.8 cm³/mol. The number of hydrogen-bond donors (Lipinski definition) is 2. The fourth-order valence-corrected chi connectivity index (χ4v) is 3.27. The molecule has 2 aliphatic heterocycles. The molecule has 0 spiro atoms. The Morgan fingerprint density at radius 2 is 2.10 bits per heavy atom. The minimum atomic E-state index is -0.825. The number of aliphatic carboxylic acids is 1. The van der Waals surface area contributed by atoms with Crippen molar-refractivity contribution in [2.45, 2.75) is 57.8 Å². The van der Waals surface area contributed by atoms with Gasteiger partial charge in [-0.3, -0.25) is 4.79 Å². The molecule has 0 saturated heterocycles. The van der Waals surface area contributed by atoms with Crippen LogP contribution in [-0.2, 0) is 17.6 Å². The van der Waals surface area contributed by atoms with Crippen LogP contribution in [0.25, 0.3) is 0 Å². The van der Waals surface area contributed by atoms with Gasteiger partial charge < -0.3 is 20.3 Å². The molecule has 0 radical (unpaired) electrons. The van der Waals surface area contributed by atoms with E-state index in [0.717, 1.165) is 41.0 Å². The van der Waals surface area contributed by atoms with Crippen molar-refractivity contribution < 1.29 is 19.4 Å². The van der Waals surface area contributed by atoms with Gasteiger partial charge in [0.25, 0.3) is 0 Å². The van der Waals surface area contributed by atoms with Crippen LogP contribution in [0.1, 0.15) is 49.4 Å². The van der Waals surface area contributed by atoms with Gasteiger partial charge in [0.1, 0.15) is 23.7 Å².